The molecule has 3 rings (SSSR count). The molecule has 1 aliphatic rings. The highest BCUT2D eigenvalue weighted by molar-refractivity contribution is 7.88. The molecular formula is C18H24FN3O4S. The number of rotatable bonds is 8. The van der Waals surface area contributed by atoms with Crippen LogP contribution in [-0.4, -0.2) is 48.3 Å². The van der Waals surface area contributed by atoms with Gasteiger partial charge >= 0.3 is 0 Å². The number of sulfonamides is 1. The van der Waals surface area contributed by atoms with Crippen LogP contribution in [0.25, 0.3) is 0 Å². The van der Waals surface area contributed by atoms with Crippen LogP contribution in [0.4, 0.5) is 4.39 Å². The maximum absolute atomic E-state index is 13.3. The van der Waals surface area contributed by atoms with Crippen LogP contribution < -0.4 is 0 Å². The minimum atomic E-state index is -3.37. The standard InChI is InChI=1S/C18H24FN3O4S/c1-13-20-18(26-21-13)17-9-8-16(25-17)12-22(27(2,23)24)10-4-6-14-5-3-7-15(19)11-14/h3,5,7,11,16-17H,4,6,8-10,12H2,1-2H3/t16-,17+/m1/s1. The lowest BCUT2D eigenvalue weighted by Gasteiger charge is -2.23. The maximum Gasteiger partial charge on any atom is 0.255 e. The van der Waals surface area contributed by atoms with Crippen molar-refractivity contribution < 1.29 is 22.1 Å². The van der Waals surface area contributed by atoms with E-state index in [4.69, 9.17) is 9.26 Å². The van der Waals surface area contributed by atoms with Crippen LogP contribution in [0.15, 0.2) is 28.8 Å². The molecular weight excluding hydrogens is 373 g/mol. The van der Waals surface area contributed by atoms with Gasteiger partial charge in [0, 0.05) is 13.1 Å². The smallest absolute Gasteiger partial charge is 0.255 e. The first kappa shape index (κ1) is 19.9. The van der Waals surface area contributed by atoms with Crippen molar-refractivity contribution in [1.29, 1.82) is 0 Å². The van der Waals surface area contributed by atoms with Crippen LogP contribution >= 0.6 is 0 Å². The predicted octanol–water partition coefficient (Wildman–Crippen LogP) is 2.63. The van der Waals surface area contributed by atoms with Crippen LogP contribution in [0.1, 0.15) is 42.6 Å². The Hall–Kier alpha value is -1.84. The van der Waals surface area contributed by atoms with E-state index in [0.29, 0.717) is 37.5 Å². The van der Waals surface area contributed by atoms with E-state index < -0.39 is 10.0 Å². The van der Waals surface area contributed by atoms with Gasteiger partial charge in [0.1, 0.15) is 11.9 Å². The third kappa shape index (κ3) is 5.57. The highest BCUT2D eigenvalue weighted by Crippen LogP contribution is 2.32. The van der Waals surface area contributed by atoms with Crippen LogP contribution in [0.3, 0.4) is 0 Å². The molecule has 2 heterocycles. The minimum absolute atomic E-state index is 0.217. The van der Waals surface area contributed by atoms with Crippen LogP contribution in [0.5, 0.6) is 0 Å². The predicted molar refractivity (Wildman–Crippen MR) is 97.0 cm³/mol. The van der Waals surface area contributed by atoms with E-state index in [9.17, 15) is 12.8 Å². The molecule has 7 nitrogen and oxygen atoms in total. The molecule has 1 aromatic carbocycles. The number of hydrogen-bond acceptors (Lipinski definition) is 6. The molecule has 0 saturated carbocycles. The lowest BCUT2D eigenvalue weighted by atomic mass is 10.1. The zero-order valence-electron chi connectivity index (χ0n) is 15.5. The van der Waals surface area contributed by atoms with Crippen LogP contribution in [0.2, 0.25) is 0 Å². The Morgan fingerprint density at radius 1 is 1.33 bits per heavy atom. The fourth-order valence-electron chi connectivity index (χ4n) is 3.24. The van der Waals surface area contributed by atoms with Crippen molar-refractivity contribution in [2.45, 2.75) is 44.8 Å². The summed E-state index contributed by atoms with van der Waals surface area (Å²) in [5, 5.41) is 3.76. The molecule has 9 heteroatoms. The third-order valence-corrected chi connectivity index (χ3v) is 5.83. The lowest BCUT2D eigenvalue weighted by Crippen LogP contribution is -2.37. The molecule has 0 bridgehead atoms. The van der Waals surface area contributed by atoms with E-state index >= 15 is 0 Å². The van der Waals surface area contributed by atoms with Crippen molar-refractivity contribution in [1.82, 2.24) is 14.4 Å². The summed E-state index contributed by atoms with van der Waals surface area (Å²) in [5.41, 5.74) is 0.854. The molecule has 27 heavy (non-hydrogen) atoms. The van der Waals surface area contributed by atoms with Crippen molar-refractivity contribution in [2.24, 2.45) is 0 Å². The average molecular weight is 397 g/mol. The molecule has 148 valence electrons. The number of benzene rings is 1. The van der Waals surface area contributed by atoms with Gasteiger partial charge in [-0.15, -0.1) is 0 Å². The first-order chi connectivity index (χ1) is 12.8. The van der Waals surface area contributed by atoms with Gasteiger partial charge < -0.3 is 9.26 Å². The maximum atomic E-state index is 13.3. The highest BCUT2D eigenvalue weighted by Gasteiger charge is 2.33. The molecule has 0 radical (unpaired) electrons. The molecule has 0 unspecified atom stereocenters. The first-order valence-electron chi connectivity index (χ1n) is 8.96. The molecule has 1 saturated heterocycles. The summed E-state index contributed by atoms with van der Waals surface area (Å²) in [6.45, 7) is 2.38. The van der Waals surface area contributed by atoms with Crippen molar-refractivity contribution in [3.63, 3.8) is 0 Å². The quantitative estimate of drug-likeness (QED) is 0.681. The van der Waals surface area contributed by atoms with Crippen molar-refractivity contribution in [3.8, 4) is 0 Å². The summed E-state index contributed by atoms with van der Waals surface area (Å²) in [6.07, 6.45) is 3.35. The molecule has 0 amide bonds. The number of ether oxygens (including phenoxy) is 1. The molecule has 2 atom stereocenters. The van der Waals surface area contributed by atoms with Crippen LogP contribution in [-0.2, 0) is 21.2 Å². The fourth-order valence-corrected chi connectivity index (χ4v) is 4.13. The Morgan fingerprint density at radius 3 is 2.81 bits per heavy atom. The fraction of sp³-hybridized carbons (Fsp3) is 0.556. The molecule has 0 spiro atoms. The number of hydrogen-bond donors (Lipinski definition) is 0. The van der Waals surface area contributed by atoms with Gasteiger partial charge in [0.2, 0.25) is 10.0 Å². The molecule has 1 aromatic heterocycles. The van der Waals surface area contributed by atoms with Crippen molar-refractivity contribution >= 4 is 10.0 Å². The molecule has 0 aliphatic carbocycles. The summed E-state index contributed by atoms with van der Waals surface area (Å²) < 4.78 is 50.0. The summed E-state index contributed by atoms with van der Waals surface area (Å²) in [4.78, 5) is 4.18. The molecule has 2 aromatic rings. The monoisotopic (exact) mass is 397 g/mol. The Morgan fingerprint density at radius 2 is 2.15 bits per heavy atom. The van der Waals surface area contributed by atoms with Gasteiger partial charge in [0.05, 0.1) is 12.4 Å². The van der Waals surface area contributed by atoms with E-state index in [-0.39, 0.29) is 24.6 Å². The Labute approximate surface area is 158 Å². The van der Waals surface area contributed by atoms with E-state index in [2.05, 4.69) is 10.1 Å². The highest BCUT2D eigenvalue weighted by atomic mass is 32.2. The second-order valence-corrected chi connectivity index (χ2v) is 8.84. The van der Waals surface area contributed by atoms with Gasteiger partial charge in [0.15, 0.2) is 5.82 Å². The molecule has 0 N–H and O–H groups in total. The third-order valence-electron chi connectivity index (χ3n) is 4.56. The number of halogens is 1. The zero-order valence-corrected chi connectivity index (χ0v) is 16.3. The normalized spacial score (nSPS) is 20.4. The first-order valence-corrected chi connectivity index (χ1v) is 10.8. The number of aryl methyl sites for hydroxylation is 2. The van der Waals surface area contributed by atoms with Gasteiger partial charge in [-0.1, -0.05) is 17.3 Å². The number of aromatic nitrogens is 2. The van der Waals surface area contributed by atoms with E-state index in [0.717, 1.165) is 12.0 Å². The van der Waals surface area contributed by atoms with Gasteiger partial charge in [-0.3, -0.25) is 0 Å². The summed E-state index contributed by atoms with van der Waals surface area (Å²) in [5.74, 6) is 0.702. The van der Waals surface area contributed by atoms with E-state index in [1.54, 1.807) is 13.0 Å². The summed E-state index contributed by atoms with van der Waals surface area (Å²) >= 11 is 0. The van der Waals surface area contributed by atoms with Gasteiger partial charge in [-0.2, -0.15) is 9.29 Å². The zero-order chi connectivity index (χ0) is 19.4. The largest absolute Gasteiger partial charge is 0.364 e. The van der Waals surface area contributed by atoms with Crippen molar-refractivity contribution in [3.05, 3.63) is 47.4 Å². The Bertz CT molecular complexity index is 871. The average Bonchev–Trinajstić information content (AvgIpc) is 3.22. The van der Waals surface area contributed by atoms with Gasteiger partial charge in [-0.05, 0) is 50.3 Å². The Kier molecular flexibility index (Phi) is 6.23. The Balaban J connectivity index is 1.54. The molecule has 1 fully saturated rings. The van der Waals surface area contributed by atoms with Gasteiger partial charge in [0.25, 0.3) is 5.89 Å². The SMILES string of the molecule is Cc1noc([C@@H]2CC[C@H](CN(CCCc3cccc(F)c3)S(C)(=O)=O)O2)n1. The summed E-state index contributed by atoms with van der Waals surface area (Å²) in [6, 6.07) is 6.36. The van der Waals surface area contributed by atoms with E-state index in [1.807, 2.05) is 6.07 Å². The second kappa shape index (κ2) is 8.45. The van der Waals surface area contributed by atoms with Gasteiger partial charge in [-0.25, -0.2) is 12.8 Å². The second-order valence-electron chi connectivity index (χ2n) is 6.86. The topological polar surface area (TPSA) is 85.5 Å². The lowest BCUT2D eigenvalue weighted by molar-refractivity contribution is 0.0178. The van der Waals surface area contributed by atoms with Crippen LogP contribution in [0, 0.1) is 12.7 Å². The summed E-state index contributed by atoms with van der Waals surface area (Å²) in [7, 11) is -3.37. The minimum Gasteiger partial charge on any atom is -0.364 e. The molecule has 1 aliphatic heterocycles. The number of nitrogens with zero attached hydrogens (tertiary/aromatic N) is 3. The van der Waals surface area contributed by atoms with E-state index in [1.165, 1.54) is 22.7 Å². The van der Waals surface area contributed by atoms with Crippen molar-refractivity contribution in [2.75, 3.05) is 19.3 Å².